The molecule has 124 valence electrons. The molecule has 2 saturated heterocycles. The Kier molecular flexibility index (Phi) is 4.68. The molecule has 6 atom stereocenters. The van der Waals surface area contributed by atoms with Crippen LogP contribution in [0.5, 0.6) is 0 Å². The summed E-state index contributed by atoms with van der Waals surface area (Å²) in [6, 6.07) is 0.503. The van der Waals surface area contributed by atoms with Gasteiger partial charge in [-0.25, -0.2) is 0 Å². The van der Waals surface area contributed by atoms with E-state index in [1.54, 1.807) is 0 Å². The van der Waals surface area contributed by atoms with Crippen molar-refractivity contribution in [2.24, 2.45) is 11.8 Å². The Morgan fingerprint density at radius 2 is 1.14 bits per heavy atom. The van der Waals surface area contributed by atoms with Crippen LogP contribution < -0.4 is 10.6 Å². The molecule has 0 unspecified atom stereocenters. The van der Waals surface area contributed by atoms with Crippen LogP contribution >= 0.6 is 0 Å². The van der Waals surface area contributed by atoms with E-state index in [0.29, 0.717) is 23.9 Å². The molecule has 2 saturated carbocycles. The molecule has 4 fully saturated rings. The van der Waals surface area contributed by atoms with E-state index in [1.165, 1.54) is 38.5 Å². The first-order valence-electron chi connectivity index (χ1n) is 8.52. The van der Waals surface area contributed by atoms with Gasteiger partial charge in [0.1, 0.15) is 12.1 Å². The largest absolute Gasteiger partial charge is 0.480 e. The molecule has 0 amide bonds. The van der Waals surface area contributed by atoms with Crippen LogP contribution in [0.1, 0.15) is 51.4 Å². The molecule has 4 N–H and O–H groups in total. The lowest BCUT2D eigenvalue weighted by molar-refractivity contribution is -0.140. The minimum absolute atomic E-state index is 0.259. The molecule has 0 spiro atoms. The summed E-state index contributed by atoms with van der Waals surface area (Å²) in [5.74, 6) is -0.0639. The lowest BCUT2D eigenvalue weighted by atomic mass is 10.0. The molecule has 0 aromatic rings. The highest BCUT2D eigenvalue weighted by molar-refractivity contribution is 5.74. The van der Waals surface area contributed by atoms with Gasteiger partial charge < -0.3 is 20.8 Å². The number of hydrogen-bond donors (Lipinski definition) is 4. The molecule has 22 heavy (non-hydrogen) atoms. The van der Waals surface area contributed by atoms with Crippen molar-refractivity contribution in [1.29, 1.82) is 0 Å². The number of rotatable bonds is 2. The van der Waals surface area contributed by atoms with Gasteiger partial charge in [0.15, 0.2) is 0 Å². The number of aliphatic carboxylic acids is 2. The van der Waals surface area contributed by atoms with Crippen LogP contribution in [0.2, 0.25) is 0 Å². The molecular formula is C16H26N2O4. The number of carboxylic acids is 2. The molecule has 0 aromatic carbocycles. The van der Waals surface area contributed by atoms with Gasteiger partial charge in [-0.1, -0.05) is 12.8 Å². The maximum absolute atomic E-state index is 10.6. The maximum atomic E-state index is 10.6. The molecule has 6 heteroatoms. The minimum Gasteiger partial charge on any atom is -0.480 e. The minimum atomic E-state index is -0.681. The summed E-state index contributed by atoms with van der Waals surface area (Å²) in [6.45, 7) is 0. The second-order valence-electron chi connectivity index (χ2n) is 7.18. The smallest absolute Gasteiger partial charge is 0.320 e. The summed E-state index contributed by atoms with van der Waals surface area (Å²) >= 11 is 0. The predicted octanol–water partition coefficient (Wildman–Crippen LogP) is 1.20. The molecule has 4 aliphatic rings. The zero-order valence-corrected chi connectivity index (χ0v) is 12.8. The van der Waals surface area contributed by atoms with Crippen molar-refractivity contribution >= 4 is 11.9 Å². The highest BCUT2D eigenvalue weighted by atomic mass is 16.4. The quantitative estimate of drug-likeness (QED) is 0.612. The Bertz CT molecular complexity index is 378. The van der Waals surface area contributed by atoms with E-state index in [2.05, 4.69) is 10.6 Å². The fraction of sp³-hybridized carbons (Fsp3) is 0.875. The van der Waals surface area contributed by atoms with Gasteiger partial charge in [-0.15, -0.1) is 0 Å². The standard InChI is InChI=1S/2C8H13NO2/c2*10-8(11)7-4-5-2-1-3-6(5)9-7/h2*5-7,9H,1-4H2,(H,10,11)/t2*5-,6-,7-/m10/s1. The van der Waals surface area contributed by atoms with Gasteiger partial charge in [0.25, 0.3) is 0 Å². The Morgan fingerprint density at radius 1 is 0.727 bits per heavy atom. The third-order valence-corrected chi connectivity index (χ3v) is 5.82. The van der Waals surface area contributed by atoms with Gasteiger partial charge in [0.05, 0.1) is 0 Å². The van der Waals surface area contributed by atoms with Crippen molar-refractivity contribution < 1.29 is 19.8 Å². The zero-order chi connectivity index (χ0) is 15.7. The normalized spacial score (nSPS) is 42.4. The van der Waals surface area contributed by atoms with Crippen LogP contribution in [0.25, 0.3) is 0 Å². The van der Waals surface area contributed by atoms with Crippen LogP contribution in [0.3, 0.4) is 0 Å². The van der Waals surface area contributed by atoms with Crippen LogP contribution in [-0.4, -0.2) is 46.3 Å². The fourth-order valence-electron chi connectivity index (χ4n) is 4.68. The number of nitrogens with one attached hydrogen (secondary N) is 2. The van der Waals surface area contributed by atoms with Crippen molar-refractivity contribution in [2.75, 3.05) is 0 Å². The van der Waals surface area contributed by atoms with E-state index < -0.39 is 11.9 Å². The Balaban J connectivity index is 0.000000131. The van der Waals surface area contributed by atoms with Gasteiger partial charge in [0.2, 0.25) is 0 Å². The molecule has 0 aromatic heterocycles. The van der Waals surface area contributed by atoms with Crippen molar-refractivity contribution in [3.8, 4) is 0 Å². The summed E-state index contributed by atoms with van der Waals surface area (Å²) in [7, 11) is 0. The van der Waals surface area contributed by atoms with Gasteiger partial charge in [-0.3, -0.25) is 9.59 Å². The summed E-state index contributed by atoms with van der Waals surface area (Å²) in [5, 5.41) is 23.7. The lowest BCUT2D eigenvalue weighted by Gasteiger charge is -2.07. The van der Waals surface area contributed by atoms with E-state index >= 15 is 0 Å². The number of hydrogen-bond acceptors (Lipinski definition) is 4. The molecule has 0 radical (unpaired) electrons. The molecule has 6 nitrogen and oxygen atoms in total. The average Bonchev–Trinajstić information content (AvgIpc) is 3.18. The Hall–Kier alpha value is -1.14. The maximum Gasteiger partial charge on any atom is 0.320 e. The number of fused-ring (bicyclic) bond motifs is 2. The SMILES string of the molecule is O=C(O)[C@@H]1C[C@@H]2CCC[C@@H]2N1.O=C(O)[C@H]1C[C@H]2CCC[C@H]2N1. The zero-order valence-electron chi connectivity index (χ0n) is 12.8. The third kappa shape index (κ3) is 3.27. The van der Waals surface area contributed by atoms with E-state index in [1.807, 2.05) is 0 Å². The van der Waals surface area contributed by atoms with Crippen LogP contribution in [0.15, 0.2) is 0 Å². The second-order valence-corrected chi connectivity index (χ2v) is 7.18. The Labute approximate surface area is 130 Å². The first kappa shape index (κ1) is 15.7. The van der Waals surface area contributed by atoms with Crippen LogP contribution in [0.4, 0.5) is 0 Å². The second kappa shape index (κ2) is 6.54. The third-order valence-electron chi connectivity index (χ3n) is 5.82. The summed E-state index contributed by atoms with van der Waals surface area (Å²) < 4.78 is 0. The van der Waals surface area contributed by atoms with E-state index in [4.69, 9.17) is 10.2 Å². The van der Waals surface area contributed by atoms with Gasteiger partial charge in [-0.2, -0.15) is 0 Å². The first-order chi connectivity index (χ1) is 10.5. The summed E-state index contributed by atoms with van der Waals surface area (Å²) in [6.07, 6.45) is 9.04. The molecule has 2 aliphatic carbocycles. The van der Waals surface area contributed by atoms with Crippen molar-refractivity contribution in [2.45, 2.75) is 75.5 Å². The highest BCUT2D eigenvalue weighted by Gasteiger charge is 2.40. The van der Waals surface area contributed by atoms with Gasteiger partial charge >= 0.3 is 11.9 Å². The summed E-state index contributed by atoms with van der Waals surface area (Å²) in [5.41, 5.74) is 0. The van der Waals surface area contributed by atoms with Crippen molar-refractivity contribution in [3.05, 3.63) is 0 Å². The average molecular weight is 310 g/mol. The van der Waals surface area contributed by atoms with Crippen molar-refractivity contribution in [1.82, 2.24) is 10.6 Å². The number of carboxylic acid groups (broad SMARTS) is 2. The first-order valence-corrected chi connectivity index (χ1v) is 8.52. The summed E-state index contributed by atoms with van der Waals surface area (Å²) in [4.78, 5) is 21.1. The van der Waals surface area contributed by atoms with E-state index in [-0.39, 0.29) is 12.1 Å². The van der Waals surface area contributed by atoms with Gasteiger partial charge in [0, 0.05) is 12.1 Å². The monoisotopic (exact) mass is 310 g/mol. The fourth-order valence-corrected chi connectivity index (χ4v) is 4.68. The number of carbonyl (C=O) groups is 2. The molecule has 0 bridgehead atoms. The predicted molar refractivity (Wildman–Crippen MR) is 80.6 cm³/mol. The van der Waals surface area contributed by atoms with E-state index in [0.717, 1.165) is 12.8 Å². The van der Waals surface area contributed by atoms with Crippen LogP contribution in [-0.2, 0) is 9.59 Å². The Morgan fingerprint density at radius 3 is 1.45 bits per heavy atom. The highest BCUT2D eigenvalue weighted by Crippen LogP contribution is 2.35. The molecule has 2 heterocycles. The van der Waals surface area contributed by atoms with Gasteiger partial charge in [-0.05, 0) is 50.4 Å². The van der Waals surface area contributed by atoms with Crippen molar-refractivity contribution in [3.63, 3.8) is 0 Å². The van der Waals surface area contributed by atoms with Crippen LogP contribution in [0, 0.1) is 11.8 Å². The topological polar surface area (TPSA) is 98.7 Å². The van der Waals surface area contributed by atoms with E-state index in [9.17, 15) is 9.59 Å². The molecule has 4 rings (SSSR count). The molecule has 2 aliphatic heterocycles. The molecular weight excluding hydrogens is 284 g/mol. The lowest BCUT2D eigenvalue weighted by Crippen LogP contribution is -2.34.